The molecule has 0 saturated carbocycles. The Morgan fingerprint density at radius 3 is 1.68 bits per heavy atom. The van der Waals surface area contributed by atoms with Crippen molar-refractivity contribution in [3.05, 3.63) is 29.8 Å². The molecule has 0 amide bonds. The van der Waals surface area contributed by atoms with E-state index in [0.29, 0.717) is 13.0 Å². The molecule has 1 fully saturated rings. The number of rotatable bonds is 20. The molecule has 40 heavy (non-hydrogen) atoms. The van der Waals surface area contributed by atoms with E-state index in [1.165, 1.54) is 134 Å². The standard InChI is InChI=1S/C26H52NO2.C7H8O3S/c1-3-4-5-6-7-8-9-10-11-12-13-14-15-16-18-21-26(28)29-25-24-27(2)22-19-17-20-23-27;1-6-2-4-7(5-3-6)11(8,9)10/h3-25H2,1-2H3;2-5H,1H3,(H,8,9,10)/q+1;/p-1. The van der Waals surface area contributed by atoms with Crippen LogP contribution in [0.25, 0.3) is 0 Å². The minimum absolute atomic E-state index is 0.0169. The van der Waals surface area contributed by atoms with E-state index in [2.05, 4.69) is 14.0 Å². The Bertz CT molecular complexity index is 863. The third-order valence-corrected chi connectivity index (χ3v) is 8.93. The molecule has 0 bridgehead atoms. The van der Waals surface area contributed by atoms with Crippen LogP contribution in [0.1, 0.15) is 134 Å². The summed E-state index contributed by atoms with van der Waals surface area (Å²) in [4.78, 5) is 11.7. The summed E-state index contributed by atoms with van der Waals surface area (Å²) in [5.41, 5.74) is 0.928. The van der Waals surface area contributed by atoms with Crippen molar-refractivity contribution in [2.75, 3.05) is 33.3 Å². The first-order chi connectivity index (χ1) is 19.2. The molecule has 2 rings (SSSR count). The van der Waals surface area contributed by atoms with Crippen molar-refractivity contribution in [3.63, 3.8) is 0 Å². The maximum absolute atomic E-state index is 11.9. The lowest BCUT2D eigenvalue weighted by molar-refractivity contribution is -0.914. The highest BCUT2D eigenvalue weighted by Gasteiger charge is 2.24. The zero-order valence-electron chi connectivity index (χ0n) is 26.0. The topological polar surface area (TPSA) is 83.5 Å². The van der Waals surface area contributed by atoms with Crippen LogP contribution in [0, 0.1) is 6.92 Å². The van der Waals surface area contributed by atoms with Crippen LogP contribution in [0.4, 0.5) is 0 Å². The van der Waals surface area contributed by atoms with Gasteiger partial charge < -0.3 is 13.8 Å². The summed E-state index contributed by atoms with van der Waals surface area (Å²) in [6.07, 6.45) is 25.0. The van der Waals surface area contributed by atoms with Gasteiger partial charge in [0.1, 0.15) is 23.3 Å². The van der Waals surface area contributed by atoms with Gasteiger partial charge in [0.2, 0.25) is 0 Å². The third kappa shape index (κ3) is 19.6. The highest BCUT2D eigenvalue weighted by Crippen LogP contribution is 2.16. The van der Waals surface area contributed by atoms with Crippen LogP contribution in [0.2, 0.25) is 0 Å². The van der Waals surface area contributed by atoms with E-state index in [1.807, 2.05) is 6.92 Å². The summed E-state index contributed by atoms with van der Waals surface area (Å²) in [7, 11) is -1.96. The second-order valence-electron chi connectivity index (χ2n) is 12.0. The predicted octanol–water partition coefficient (Wildman–Crippen LogP) is 8.32. The van der Waals surface area contributed by atoms with E-state index in [0.717, 1.165) is 23.0 Å². The molecule has 1 aromatic rings. The Morgan fingerprint density at radius 1 is 0.775 bits per heavy atom. The van der Waals surface area contributed by atoms with Crippen molar-refractivity contribution < 1.29 is 27.0 Å². The number of likely N-dealkylation sites (tertiary alicyclic amines) is 1. The third-order valence-electron chi connectivity index (χ3n) is 8.08. The second-order valence-corrected chi connectivity index (χ2v) is 13.4. The first-order valence-electron chi connectivity index (χ1n) is 16.2. The summed E-state index contributed by atoms with van der Waals surface area (Å²) >= 11 is 0. The van der Waals surface area contributed by atoms with Gasteiger partial charge >= 0.3 is 5.97 Å². The fourth-order valence-electron chi connectivity index (χ4n) is 5.30. The molecule has 232 valence electrons. The quantitative estimate of drug-likeness (QED) is 0.0669. The molecule has 6 nitrogen and oxygen atoms in total. The minimum Gasteiger partial charge on any atom is -0.744 e. The molecule has 0 N–H and O–H groups in total. The molecule has 1 aliphatic heterocycles. The molecule has 0 unspecified atom stereocenters. The van der Waals surface area contributed by atoms with Gasteiger partial charge in [-0.15, -0.1) is 0 Å². The van der Waals surface area contributed by atoms with E-state index >= 15 is 0 Å². The summed E-state index contributed by atoms with van der Waals surface area (Å²) in [6.45, 7) is 8.19. The number of quaternary nitrogens is 1. The number of likely N-dealkylation sites (N-methyl/N-ethyl adjacent to an activating group) is 1. The number of carbonyl (C=O) groups is 1. The van der Waals surface area contributed by atoms with E-state index in [-0.39, 0.29) is 10.9 Å². The molecule has 0 atom stereocenters. The van der Waals surface area contributed by atoms with Crippen LogP contribution in [0.5, 0.6) is 0 Å². The lowest BCUT2D eigenvalue weighted by Crippen LogP contribution is -2.49. The number of aryl methyl sites for hydroxylation is 1. The Morgan fingerprint density at radius 2 is 1.23 bits per heavy atom. The average Bonchev–Trinajstić information content (AvgIpc) is 2.91. The van der Waals surface area contributed by atoms with Gasteiger partial charge in [-0.25, -0.2) is 8.42 Å². The van der Waals surface area contributed by atoms with Gasteiger partial charge in [0.05, 0.1) is 25.0 Å². The maximum Gasteiger partial charge on any atom is 0.305 e. The van der Waals surface area contributed by atoms with Crippen LogP contribution in [0.3, 0.4) is 0 Å². The van der Waals surface area contributed by atoms with E-state index in [4.69, 9.17) is 4.74 Å². The lowest BCUT2D eigenvalue weighted by Gasteiger charge is -2.37. The Labute approximate surface area is 246 Å². The summed E-state index contributed by atoms with van der Waals surface area (Å²) in [5, 5.41) is 0. The molecule has 1 saturated heterocycles. The van der Waals surface area contributed by atoms with Crippen molar-refractivity contribution in [2.24, 2.45) is 0 Å². The van der Waals surface area contributed by atoms with Gasteiger partial charge in [0.25, 0.3) is 0 Å². The fraction of sp³-hybridized carbons (Fsp3) is 0.788. The Kier molecular flexibility index (Phi) is 20.3. The van der Waals surface area contributed by atoms with Gasteiger partial charge in [-0.1, -0.05) is 115 Å². The van der Waals surface area contributed by atoms with Crippen molar-refractivity contribution >= 4 is 16.1 Å². The first-order valence-corrected chi connectivity index (χ1v) is 17.6. The molecule has 0 spiro atoms. The summed E-state index contributed by atoms with van der Waals surface area (Å²) in [6, 6.07) is 5.78. The van der Waals surface area contributed by atoms with Crippen LogP contribution in [0.15, 0.2) is 29.2 Å². The zero-order valence-corrected chi connectivity index (χ0v) is 26.8. The fourth-order valence-corrected chi connectivity index (χ4v) is 5.77. The SMILES string of the molecule is CCCCCCCCCCCCCCCCCC(=O)OCC[N+]1(C)CCCCC1.Cc1ccc(S(=O)(=O)[O-])cc1. The number of unbranched alkanes of at least 4 members (excludes halogenated alkanes) is 14. The van der Waals surface area contributed by atoms with Crippen molar-refractivity contribution in [1.82, 2.24) is 0 Å². The number of hydrogen-bond acceptors (Lipinski definition) is 5. The number of benzene rings is 1. The normalized spacial score (nSPS) is 14.8. The molecule has 1 aliphatic rings. The highest BCUT2D eigenvalue weighted by molar-refractivity contribution is 7.85. The maximum atomic E-state index is 11.9. The van der Waals surface area contributed by atoms with Gasteiger partial charge in [0, 0.05) is 6.42 Å². The van der Waals surface area contributed by atoms with Crippen LogP contribution in [-0.2, 0) is 19.6 Å². The first kappa shape index (κ1) is 36.6. The van der Waals surface area contributed by atoms with Crippen LogP contribution < -0.4 is 0 Å². The van der Waals surface area contributed by atoms with Gasteiger partial charge in [-0.3, -0.25) is 4.79 Å². The van der Waals surface area contributed by atoms with Gasteiger partial charge in [-0.05, 0) is 44.7 Å². The molecule has 0 aliphatic carbocycles. The molecule has 0 aromatic heterocycles. The van der Waals surface area contributed by atoms with Gasteiger partial charge in [0.15, 0.2) is 0 Å². The minimum atomic E-state index is -4.27. The number of esters is 1. The van der Waals surface area contributed by atoms with Crippen molar-refractivity contribution in [1.29, 1.82) is 0 Å². The second kappa shape index (κ2) is 22.2. The molecule has 1 aromatic carbocycles. The molecule has 0 radical (unpaired) electrons. The summed E-state index contributed by atoms with van der Waals surface area (Å²) in [5.74, 6) is 0.0169. The average molecular weight is 582 g/mol. The number of carbonyl (C=O) groups excluding carboxylic acids is 1. The van der Waals surface area contributed by atoms with Crippen molar-refractivity contribution in [2.45, 2.75) is 141 Å². The lowest BCUT2D eigenvalue weighted by atomic mass is 10.0. The highest BCUT2D eigenvalue weighted by atomic mass is 32.2. The molecular formula is C33H59NO5S. The van der Waals surface area contributed by atoms with Crippen LogP contribution >= 0.6 is 0 Å². The van der Waals surface area contributed by atoms with E-state index < -0.39 is 10.1 Å². The monoisotopic (exact) mass is 581 g/mol. The Balaban J connectivity index is 0.000000603. The number of ether oxygens (including phenoxy) is 1. The molecule has 7 heteroatoms. The smallest absolute Gasteiger partial charge is 0.305 e. The number of hydrogen-bond donors (Lipinski definition) is 0. The van der Waals surface area contributed by atoms with Crippen molar-refractivity contribution in [3.8, 4) is 0 Å². The molecule has 1 heterocycles. The van der Waals surface area contributed by atoms with Crippen LogP contribution in [-0.4, -0.2) is 56.7 Å². The zero-order chi connectivity index (χ0) is 29.5. The largest absolute Gasteiger partial charge is 0.744 e. The number of piperidine rings is 1. The number of nitrogens with zero attached hydrogens (tertiary/aromatic N) is 1. The predicted molar refractivity (Wildman–Crippen MR) is 164 cm³/mol. The van der Waals surface area contributed by atoms with Gasteiger partial charge in [-0.2, -0.15) is 0 Å². The summed E-state index contributed by atoms with van der Waals surface area (Å²) < 4.78 is 37.7. The van der Waals surface area contributed by atoms with E-state index in [1.54, 1.807) is 12.1 Å². The van der Waals surface area contributed by atoms with E-state index in [9.17, 15) is 17.8 Å². The molecular weight excluding hydrogens is 522 g/mol. The Hall–Kier alpha value is -1.44.